The zero-order valence-corrected chi connectivity index (χ0v) is 12.0. The van der Waals surface area contributed by atoms with Crippen LogP contribution in [0.4, 0.5) is 4.79 Å². The molecule has 0 aliphatic heterocycles. The molecule has 0 rings (SSSR count). The quantitative estimate of drug-likeness (QED) is 0.694. The summed E-state index contributed by atoms with van der Waals surface area (Å²) in [5, 5.41) is 14.3. The molecule has 0 spiro atoms. The average Bonchev–Trinajstić information content (AvgIpc) is 2.09. The number of aliphatic carboxylic acids is 1. The Morgan fingerprint density at radius 1 is 1.22 bits per heavy atom. The maximum atomic E-state index is 11.6. The van der Waals surface area contributed by atoms with Crippen LogP contribution in [-0.2, 0) is 9.53 Å². The summed E-state index contributed by atoms with van der Waals surface area (Å²) >= 11 is 0. The van der Waals surface area contributed by atoms with Crippen LogP contribution in [0.1, 0.15) is 41.5 Å². The van der Waals surface area contributed by atoms with E-state index in [0.717, 1.165) is 0 Å². The van der Waals surface area contributed by atoms with Crippen LogP contribution in [-0.4, -0.2) is 40.9 Å². The van der Waals surface area contributed by atoms with Gasteiger partial charge in [0.25, 0.3) is 0 Å². The number of carbonyl (C=O) groups excluding carboxylic acids is 1. The maximum Gasteiger partial charge on any atom is 0.408 e. The topological polar surface area (TPSA) is 87.7 Å². The Morgan fingerprint density at radius 3 is 2.11 bits per heavy atom. The summed E-state index contributed by atoms with van der Waals surface area (Å²) in [7, 11) is 0. The highest BCUT2D eigenvalue weighted by molar-refractivity contribution is 5.73. The van der Waals surface area contributed by atoms with Crippen molar-refractivity contribution in [1.82, 2.24) is 10.6 Å². The molecule has 0 bridgehead atoms. The van der Waals surface area contributed by atoms with E-state index in [0.29, 0.717) is 6.54 Å². The molecule has 6 nitrogen and oxygen atoms in total. The Labute approximate surface area is 108 Å². The van der Waals surface area contributed by atoms with Crippen molar-refractivity contribution in [2.45, 2.75) is 58.7 Å². The molecule has 3 N–H and O–H groups in total. The highest BCUT2D eigenvalue weighted by Gasteiger charge is 2.25. The normalized spacial score (nSPS) is 13.9. The van der Waals surface area contributed by atoms with E-state index in [1.807, 2.05) is 0 Å². The number of carboxylic acid groups (broad SMARTS) is 1. The van der Waals surface area contributed by atoms with Crippen LogP contribution in [0.3, 0.4) is 0 Å². The van der Waals surface area contributed by atoms with Gasteiger partial charge >= 0.3 is 12.1 Å². The fraction of sp³-hybridized carbons (Fsp3) is 0.833. The van der Waals surface area contributed by atoms with Crippen LogP contribution in [0.5, 0.6) is 0 Å². The third-order valence-electron chi connectivity index (χ3n) is 2.06. The average molecular weight is 260 g/mol. The van der Waals surface area contributed by atoms with Crippen LogP contribution < -0.4 is 10.6 Å². The van der Waals surface area contributed by atoms with Gasteiger partial charge in [0.2, 0.25) is 0 Å². The van der Waals surface area contributed by atoms with Crippen LogP contribution in [0.15, 0.2) is 0 Å². The molecule has 0 heterocycles. The van der Waals surface area contributed by atoms with Gasteiger partial charge in [-0.05, 0) is 41.5 Å². The number of carboxylic acids is 1. The molecular formula is C12H24N2O4. The highest BCUT2D eigenvalue weighted by atomic mass is 16.6. The smallest absolute Gasteiger partial charge is 0.408 e. The van der Waals surface area contributed by atoms with Crippen molar-refractivity contribution in [3.8, 4) is 0 Å². The molecule has 1 atom stereocenters. The molecule has 0 radical (unpaired) electrons. The summed E-state index contributed by atoms with van der Waals surface area (Å²) < 4.78 is 5.13. The second-order valence-electron chi connectivity index (χ2n) is 5.95. The van der Waals surface area contributed by atoms with E-state index in [9.17, 15) is 9.59 Å². The molecule has 0 aromatic carbocycles. The van der Waals surface area contributed by atoms with Gasteiger partial charge in [0.15, 0.2) is 0 Å². The monoisotopic (exact) mass is 260 g/mol. The van der Waals surface area contributed by atoms with E-state index in [1.165, 1.54) is 0 Å². The Balaban J connectivity index is 4.22. The summed E-state index contributed by atoms with van der Waals surface area (Å²) in [4.78, 5) is 22.2. The maximum absolute atomic E-state index is 11.6. The molecule has 6 heteroatoms. The standard InChI is InChI=1S/C12H24N2O4/c1-8(9(15)16)13-7-12(5,6)14-10(17)18-11(2,3)4/h8,13H,7H2,1-6H3,(H,14,17)(H,15,16). The van der Waals surface area contributed by atoms with E-state index in [-0.39, 0.29) is 0 Å². The molecule has 0 aliphatic rings. The summed E-state index contributed by atoms with van der Waals surface area (Å²) in [6, 6.07) is -0.662. The number of hydrogen-bond donors (Lipinski definition) is 3. The SMILES string of the molecule is CC(NCC(C)(C)NC(=O)OC(C)(C)C)C(=O)O. The summed E-state index contributed by atoms with van der Waals surface area (Å²) in [5.74, 6) is -0.928. The fourth-order valence-corrected chi connectivity index (χ4v) is 1.12. The van der Waals surface area contributed by atoms with E-state index in [1.54, 1.807) is 41.5 Å². The molecule has 0 aliphatic carbocycles. The summed E-state index contributed by atoms with van der Waals surface area (Å²) in [6.07, 6.45) is -0.516. The van der Waals surface area contributed by atoms with Crippen LogP contribution in [0.2, 0.25) is 0 Å². The molecular weight excluding hydrogens is 236 g/mol. The van der Waals surface area contributed by atoms with Crippen molar-refractivity contribution < 1.29 is 19.4 Å². The first-order valence-corrected chi connectivity index (χ1v) is 5.90. The lowest BCUT2D eigenvalue weighted by Crippen LogP contribution is -2.53. The molecule has 1 amide bonds. The zero-order chi connectivity index (χ0) is 14.6. The Kier molecular flexibility index (Phi) is 5.60. The largest absolute Gasteiger partial charge is 0.480 e. The Bertz CT molecular complexity index is 308. The predicted octanol–water partition coefficient (Wildman–Crippen LogP) is 1.35. The molecule has 0 saturated heterocycles. The Hall–Kier alpha value is -1.30. The van der Waals surface area contributed by atoms with Gasteiger partial charge in [-0.1, -0.05) is 0 Å². The highest BCUT2D eigenvalue weighted by Crippen LogP contribution is 2.09. The first-order chi connectivity index (χ1) is 7.93. The molecule has 0 saturated carbocycles. The van der Waals surface area contributed by atoms with Gasteiger partial charge in [-0.2, -0.15) is 0 Å². The van der Waals surface area contributed by atoms with Gasteiger partial charge in [-0.25, -0.2) is 4.79 Å². The van der Waals surface area contributed by atoms with Crippen molar-refractivity contribution in [3.63, 3.8) is 0 Å². The number of nitrogens with one attached hydrogen (secondary N) is 2. The van der Waals surface area contributed by atoms with Crippen LogP contribution >= 0.6 is 0 Å². The summed E-state index contributed by atoms with van der Waals surface area (Å²) in [5.41, 5.74) is -1.14. The lowest BCUT2D eigenvalue weighted by molar-refractivity contribution is -0.139. The van der Waals surface area contributed by atoms with Gasteiger partial charge in [0, 0.05) is 6.54 Å². The van der Waals surface area contributed by atoms with Crippen molar-refractivity contribution >= 4 is 12.1 Å². The van der Waals surface area contributed by atoms with Crippen molar-refractivity contribution in [2.75, 3.05) is 6.54 Å². The van der Waals surface area contributed by atoms with Crippen LogP contribution in [0.25, 0.3) is 0 Å². The molecule has 0 fully saturated rings. The lowest BCUT2D eigenvalue weighted by Gasteiger charge is -2.29. The number of ether oxygens (including phenoxy) is 1. The molecule has 0 aromatic heterocycles. The minimum absolute atomic E-state index is 0.333. The van der Waals surface area contributed by atoms with Gasteiger partial charge in [0.1, 0.15) is 11.6 Å². The van der Waals surface area contributed by atoms with Crippen molar-refractivity contribution in [3.05, 3.63) is 0 Å². The Morgan fingerprint density at radius 2 is 1.72 bits per heavy atom. The molecule has 0 aromatic rings. The van der Waals surface area contributed by atoms with E-state index in [2.05, 4.69) is 10.6 Å². The number of carbonyl (C=O) groups is 2. The van der Waals surface area contributed by atoms with E-state index < -0.39 is 29.2 Å². The minimum atomic E-state index is -0.928. The van der Waals surface area contributed by atoms with E-state index in [4.69, 9.17) is 9.84 Å². The predicted molar refractivity (Wildman–Crippen MR) is 68.5 cm³/mol. The summed E-state index contributed by atoms with van der Waals surface area (Å²) in [6.45, 7) is 10.8. The second kappa shape index (κ2) is 6.04. The number of amides is 1. The second-order valence-corrected chi connectivity index (χ2v) is 5.95. The van der Waals surface area contributed by atoms with Gasteiger partial charge in [-0.3, -0.25) is 4.79 Å². The number of hydrogen-bond acceptors (Lipinski definition) is 4. The van der Waals surface area contributed by atoms with Crippen LogP contribution in [0, 0.1) is 0 Å². The zero-order valence-electron chi connectivity index (χ0n) is 12.0. The van der Waals surface area contributed by atoms with Gasteiger partial charge in [0.05, 0.1) is 5.54 Å². The third-order valence-corrected chi connectivity index (χ3v) is 2.06. The number of alkyl carbamates (subject to hydrolysis) is 1. The molecule has 1 unspecified atom stereocenters. The first kappa shape index (κ1) is 16.7. The first-order valence-electron chi connectivity index (χ1n) is 5.90. The van der Waals surface area contributed by atoms with Gasteiger partial charge in [-0.15, -0.1) is 0 Å². The molecule has 18 heavy (non-hydrogen) atoms. The van der Waals surface area contributed by atoms with E-state index >= 15 is 0 Å². The lowest BCUT2D eigenvalue weighted by atomic mass is 10.1. The molecule has 106 valence electrons. The minimum Gasteiger partial charge on any atom is -0.480 e. The number of rotatable bonds is 5. The van der Waals surface area contributed by atoms with Gasteiger partial charge < -0.3 is 20.5 Å². The van der Waals surface area contributed by atoms with Crippen molar-refractivity contribution in [1.29, 1.82) is 0 Å². The third kappa shape index (κ3) is 7.89. The van der Waals surface area contributed by atoms with Crippen molar-refractivity contribution in [2.24, 2.45) is 0 Å². The fourth-order valence-electron chi connectivity index (χ4n) is 1.12.